The lowest BCUT2D eigenvalue weighted by atomic mass is 10.1. The number of hydrogen-bond acceptors (Lipinski definition) is 3. The Morgan fingerprint density at radius 1 is 1.37 bits per heavy atom. The Bertz CT molecular complexity index is 308. The predicted octanol–water partition coefficient (Wildman–Crippen LogP) is 0.767. The highest BCUT2D eigenvalue weighted by molar-refractivity contribution is 5.74. The molecule has 0 heterocycles. The zero-order valence-corrected chi connectivity index (χ0v) is 11.3. The van der Waals surface area contributed by atoms with Crippen molar-refractivity contribution in [2.45, 2.75) is 25.3 Å². The SMILES string of the molecule is C=CCN(CC=C)[C@@H](CCCCNC(=N)N)C(=O)O. The van der Waals surface area contributed by atoms with Crippen LogP contribution >= 0.6 is 0 Å². The summed E-state index contributed by atoms with van der Waals surface area (Å²) in [6.07, 6.45) is 5.46. The van der Waals surface area contributed by atoms with E-state index >= 15 is 0 Å². The number of unbranched alkanes of at least 4 members (excludes halogenated alkanes) is 1. The van der Waals surface area contributed by atoms with Crippen molar-refractivity contribution in [3.8, 4) is 0 Å². The molecule has 5 N–H and O–H groups in total. The van der Waals surface area contributed by atoms with Crippen LogP contribution in [0.4, 0.5) is 0 Å². The number of rotatable bonds is 11. The van der Waals surface area contributed by atoms with Crippen LogP contribution in [0, 0.1) is 5.41 Å². The third-order valence-electron chi connectivity index (χ3n) is 2.67. The molecule has 0 aromatic heterocycles. The molecule has 0 saturated carbocycles. The van der Waals surface area contributed by atoms with Crippen molar-refractivity contribution in [1.82, 2.24) is 10.2 Å². The van der Waals surface area contributed by atoms with Gasteiger partial charge < -0.3 is 16.2 Å². The first-order valence-electron chi connectivity index (χ1n) is 6.29. The number of nitrogens with two attached hydrogens (primary N) is 1. The summed E-state index contributed by atoms with van der Waals surface area (Å²) >= 11 is 0. The van der Waals surface area contributed by atoms with Gasteiger partial charge in [0.1, 0.15) is 6.04 Å². The van der Waals surface area contributed by atoms with Gasteiger partial charge in [0.25, 0.3) is 0 Å². The van der Waals surface area contributed by atoms with E-state index in [1.807, 2.05) is 4.90 Å². The first-order chi connectivity index (χ1) is 9.02. The Labute approximate surface area is 114 Å². The normalized spacial score (nSPS) is 11.8. The Kier molecular flexibility index (Phi) is 9.16. The highest BCUT2D eigenvalue weighted by atomic mass is 16.4. The minimum Gasteiger partial charge on any atom is -0.480 e. The molecule has 0 aliphatic heterocycles. The van der Waals surface area contributed by atoms with Crippen molar-refractivity contribution in [2.75, 3.05) is 19.6 Å². The van der Waals surface area contributed by atoms with Crippen LogP contribution in [0.3, 0.4) is 0 Å². The zero-order chi connectivity index (χ0) is 14.7. The van der Waals surface area contributed by atoms with Gasteiger partial charge in [0.05, 0.1) is 0 Å². The van der Waals surface area contributed by atoms with Crippen LogP contribution < -0.4 is 11.1 Å². The van der Waals surface area contributed by atoms with Gasteiger partial charge >= 0.3 is 5.97 Å². The number of nitrogens with zero attached hydrogens (tertiary/aromatic N) is 1. The average Bonchev–Trinajstić information content (AvgIpc) is 2.32. The fourth-order valence-corrected chi connectivity index (χ4v) is 1.81. The van der Waals surface area contributed by atoms with E-state index in [4.69, 9.17) is 11.1 Å². The lowest BCUT2D eigenvalue weighted by Gasteiger charge is -2.26. The molecule has 0 aromatic carbocycles. The summed E-state index contributed by atoms with van der Waals surface area (Å²) in [5.41, 5.74) is 5.16. The second-order valence-corrected chi connectivity index (χ2v) is 4.22. The minimum atomic E-state index is -0.830. The molecule has 0 unspecified atom stereocenters. The summed E-state index contributed by atoms with van der Waals surface area (Å²) in [5, 5.41) is 19.0. The molecular formula is C13H24N4O2. The Hall–Kier alpha value is -1.82. The molecule has 0 amide bonds. The molecule has 6 heteroatoms. The van der Waals surface area contributed by atoms with Crippen molar-refractivity contribution in [3.05, 3.63) is 25.3 Å². The van der Waals surface area contributed by atoms with Crippen molar-refractivity contribution in [3.63, 3.8) is 0 Å². The quantitative estimate of drug-likeness (QED) is 0.192. The van der Waals surface area contributed by atoms with Gasteiger partial charge in [-0.1, -0.05) is 12.2 Å². The zero-order valence-electron chi connectivity index (χ0n) is 11.3. The third-order valence-corrected chi connectivity index (χ3v) is 2.67. The number of nitrogens with one attached hydrogen (secondary N) is 2. The fraction of sp³-hybridized carbons (Fsp3) is 0.538. The average molecular weight is 268 g/mol. The largest absolute Gasteiger partial charge is 0.480 e. The van der Waals surface area contributed by atoms with Gasteiger partial charge in [0, 0.05) is 19.6 Å². The lowest BCUT2D eigenvalue weighted by Crippen LogP contribution is -2.41. The molecule has 0 spiro atoms. The highest BCUT2D eigenvalue weighted by Crippen LogP contribution is 2.09. The molecule has 0 fully saturated rings. The topological polar surface area (TPSA) is 102 Å². The molecule has 0 saturated heterocycles. The van der Waals surface area contributed by atoms with Crippen LogP contribution in [-0.4, -0.2) is 47.6 Å². The van der Waals surface area contributed by atoms with E-state index in [0.29, 0.717) is 26.1 Å². The van der Waals surface area contributed by atoms with E-state index < -0.39 is 12.0 Å². The van der Waals surface area contributed by atoms with Gasteiger partial charge in [-0.05, 0) is 19.3 Å². The van der Waals surface area contributed by atoms with Crippen LogP contribution in [0.1, 0.15) is 19.3 Å². The first kappa shape index (κ1) is 17.2. The van der Waals surface area contributed by atoms with E-state index in [2.05, 4.69) is 18.5 Å². The number of carbonyl (C=O) groups is 1. The van der Waals surface area contributed by atoms with Gasteiger partial charge in [0.15, 0.2) is 5.96 Å². The van der Waals surface area contributed by atoms with Crippen molar-refractivity contribution >= 4 is 11.9 Å². The van der Waals surface area contributed by atoms with Crippen LogP contribution in [0.25, 0.3) is 0 Å². The van der Waals surface area contributed by atoms with Gasteiger partial charge in [-0.3, -0.25) is 15.1 Å². The minimum absolute atomic E-state index is 0.0604. The molecule has 0 aliphatic rings. The third kappa shape index (κ3) is 7.99. The van der Waals surface area contributed by atoms with Crippen LogP contribution in [0.15, 0.2) is 25.3 Å². The second kappa shape index (κ2) is 10.1. The highest BCUT2D eigenvalue weighted by Gasteiger charge is 2.23. The summed E-state index contributed by atoms with van der Waals surface area (Å²) in [6, 6.07) is -0.534. The number of hydrogen-bond donors (Lipinski definition) is 4. The molecule has 108 valence electrons. The number of guanidine groups is 1. The summed E-state index contributed by atoms with van der Waals surface area (Å²) in [6.45, 7) is 8.91. The van der Waals surface area contributed by atoms with Crippen LogP contribution in [0.2, 0.25) is 0 Å². The van der Waals surface area contributed by atoms with E-state index in [-0.39, 0.29) is 5.96 Å². The van der Waals surface area contributed by atoms with Gasteiger partial charge in [-0.15, -0.1) is 13.2 Å². The van der Waals surface area contributed by atoms with Crippen molar-refractivity contribution < 1.29 is 9.90 Å². The molecular weight excluding hydrogens is 244 g/mol. The number of carboxylic acids is 1. The Morgan fingerprint density at radius 2 is 1.95 bits per heavy atom. The predicted molar refractivity (Wildman–Crippen MR) is 77.2 cm³/mol. The molecule has 0 rings (SSSR count). The summed E-state index contributed by atoms with van der Waals surface area (Å²) in [4.78, 5) is 13.1. The van der Waals surface area contributed by atoms with Gasteiger partial charge in [-0.25, -0.2) is 0 Å². The first-order valence-corrected chi connectivity index (χ1v) is 6.29. The Morgan fingerprint density at radius 3 is 2.37 bits per heavy atom. The number of carboxylic acid groups (broad SMARTS) is 1. The van der Waals surface area contributed by atoms with Gasteiger partial charge in [-0.2, -0.15) is 0 Å². The van der Waals surface area contributed by atoms with E-state index in [1.54, 1.807) is 12.2 Å². The van der Waals surface area contributed by atoms with Crippen LogP contribution in [0.5, 0.6) is 0 Å². The van der Waals surface area contributed by atoms with Crippen LogP contribution in [-0.2, 0) is 4.79 Å². The second-order valence-electron chi connectivity index (χ2n) is 4.22. The molecule has 6 nitrogen and oxygen atoms in total. The number of aliphatic carboxylic acids is 1. The smallest absolute Gasteiger partial charge is 0.320 e. The lowest BCUT2D eigenvalue weighted by molar-refractivity contribution is -0.143. The molecule has 0 aromatic rings. The van der Waals surface area contributed by atoms with Crippen molar-refractivity contribution in [1.29, 1.82) is 5.41 Å². The molecule has 0 aliphatic carbocycles. The molecule has 1 atom stereocenters. The monoisotopic (exact) mass is 268 g/mol. The summed E-state index contributed by atoms with van der Waals surface area (Å²) in [5.74, 6) is -0.891. The summed E-state index contributed by atoms with van der Waals surface area (Å²) in [7, 11) is 0. The maximum absolute atomic E-state index is 11.3. The van der Waals surface area contributed by atoms with Gasteiger partial charge in [0.2, 0.25) is 0 Å². The molecule has 19 heavy (non-hydrogen) atoms. The van der Waals surface area contributed by atoms with E-state index in [9.17, 15) is 9.90 Å². The Balaban J connectivity index is 4.22. The van der Waals surface area contributed by atoms with E-state index in [0.717, 1.165) is 12.8 Å². The standard InChI is InChI=1S/C13H24N4O2/c1-3-9-17(10-4-2)11(12(18)19)7-5-6-8-16-13(14)15/h3-4,11H,1-2,5-10H2,(H,18,19)(H4,14,15,16)/t11-/m0/s1. The summed E-state index contributed by atoms with van der Waals surface area (Å²) < 4.78 is 0. The molecule has 0 radical (unpaired) electrons. The van der Waals surface area contributed by atoms with Crippen molar-refractivity contribution in [2.24, 2.45) is 5.73 Å². The maximum atomic E-state index is 11.3. The fourth-order valence-electron chi connectivity index (χ4n) is 1.81. The van der Waals surface area contributed by atoms with E-state index in [1.165, 1.54) is 0 Å². The molecule has 0 bridgehead atoms. The maximum Gasteiger partial charge on any atom is 0.320 e.